The number of benzene rings is 9. The van der Waals surface area contributed by atoms with E-state index in [4.69, 9.17) is 0 Å². The number of hydrogen-bond donors (Lipinski definition) is 0. The monoisotopic (exact) mass is 692 g/mol. The number of para-hydroxylation sites is 2. The van der Waals surface area contributed by atoms with Crippen LogP contribution in [0.4, 0.5) is 17.1 Å². The molecule has 2 nitrogen and oxygen atoms in total. The van der Waals surface area contributed by atoms with Crippen molar-refractivity contribution in [3.63, 3.8) is 0 Å². The predicted octanol–water partition coefficient (Wildman–Crippen LogP) is 14.6. The van der Waals surface area contributed by atoms with E-state index in [2.05, 4.69) is 204 Å². The molecule has 11 rings (SSSR count). The highest BCUT2D eigenvalue weighted by atomic mass is 32.1. The Morgan fingerprint density at radius 1 is 0.377 bits per heavy atom. The van der Waals surface area contributed by atoms with Crippen LogP contribution in [0.25, 0.3) is 80.3 Å². The lowest BCUT2D eigenvalue weighted by Gasteiger charge is -2.26. The molecule has 9 aromatic carbocycles. The summed E-state index contributed by atoms with van der Waals surface area (Å²) in [4.78, 5) is 2.41. The molecule has 0 aliphatic rings. The number of rotatable bonds is 5. The highest BCUT2D eigenvalue weighted by Gasteiger charge is 2.21. The summed E-state index contributed by atoms with van der Waals surface area (Å²) in [6.45, 7) is 0. The molecular weight excluding hydrogens is 661 g/mol. The maximum atomic E-state index is 2.46. The van der Waals surface area contributed by atoms with Gasteiger partial charge in [0.15, 0.2) is 0 Å². The average Bonchev–Trinajstić information content (AvgIpc) is 3.77. The van der Waals surface area contributed by atoms with Crippen LogP contribution in [-0.4, -0.2) is 4.57 Å². The van der Waals surface area contributed by atoms with Gasteiger partial charge in [0.2, 0.25) is 0 Å². The van der Waals surface area contributed by atoms with E-state index < -0.39 is 0 Å². The van der Waals surface area contributed by atoms with Crippen LogP contribution >= 0.6 is 11.3 Å². The van der Waals surface area contributed by atoms with Crippen molar-refractivity contribution < 1.29 is 0 Å². The Bertz CT molecular complexity index is 3170. The zero-order chi connectivity index (χ0) is 34.9. The molecule has 2 aromatic heterocycles. The molecule has 2 heterocycles. The highest BCUT2D eigenvalue weighted by Crippen LogP contribution is 2.45. The fourth-order valence-corrected chi connectivity index (χ4v) is 9.56. The first-order chi connectivity index (χ1) is 26.3. The number of nitrogens with zero attached hydrogens (tertiary/aromatic N) is 2. The fourth-order valence-electron chi connectivity index (χ4n) is 8.41. The lowest BCUT2D eigenvalue weighted by atomic mass is 10.0. The van der Waals surface area contributed by atoms with E-state index in [1.165, 1.54) is 80.3 Å². The van der Waals surface area contributed by atoms with Crippen LogP contribution in [0.5, 0.6) is 0 Å². The minimum atomic E-state index is 1.12. The molecular formula is C50H32N2S. The third-order valence-corrected chi connectivity index (χ3v) is 11.9. The molecule has 0 fully saturated rings. The largest absolute Gasteiger partial charge is 0.310 e. The maximum absolute atomic E-state index is 2.46. The van der Waals surface area contributed by atoms with Crippen LogP contribution in [0.15, 0.2) is 194 Å². The van der Waals surface area contributed by atoms with Gasteiger partial charge >= 0.3 is 0 Å². The van der Waals surface area contributed by atoms with Gasteiger partial charge in [-0.05, 0) is 87.8 Å². The lowest BCUT2D eigenvalue weighted by molar-refractivity contribution is 1.18. The number of anilines is 3. The normalized spacial score (nSPS) is 11.8. The minimum Gasteiger partial charge on any atom is -0.310 e. The van der Waals surface area contributed by atoms with E-state index in [1.807, 2.05) is 11.3 Å². The molecule has 0 aliphatic carbocycles. The van der Waals surface area contributed by atoms with E-state index in [1.54, 1.807) is 0 Å². The first-order valence-corrected chi connectivity index (χ1v) is 18.9. The predicted molar refractivity (Wildman–Crippen MR) is 229 cm³/mol. The first kappa shape index (κ1) is 30.0. The fraction of sp³-hybridized carbons (Fsp3) is 0. The quantitative estimate of drug-likeness (QED) is 0.174. The molecule has 0 N–H and O–H groups in total. The van der Waals surface area contributed by atoms with Crippen LogP contribution in [0.2, 0.25) is 0 Å². The third-order valence-electron chi connectivity index (χ3n) is 10.7. The summed E-state index contributed by atoms with van der Waals surface area (Å²) in [6.07, 6.45) is 0. The summed E-state index contributed by atoms with van der Waals surface area (Å²) in [6, 6.07) is 70.9. The number of aromatic nitrogens is 1. The first-order valence-electron chi connectivity index (χ1n) is 18.1. The van der Waals surface area contributed by atoms with Crippen LogP contribution in [0.1, 0.15) is 0 Å². The zero-order valence-electron chi connectivity index (χ0n) is 28.8. The second-order valence-electron chi connectivity index (χ2n) is 13.7. The van der Waals surface area contributed by atoms with Crippen molar-refractivity contribution in [1.82, 2.24) is 4.57 Å². The SMILES string of the molecule is c1ccc(-c2ccccc2-n2c3ccc(N(c4ccccc4)c4ccc5c(c4)sc4ccc6ccccc6c45)cc3c3c4ccccc4ccc32)cc1. The number of fused-ring (bicyclic) bond motifs is 10. The second kappa shape index (κ2) is 11.9. The molecule has 0 aliphatic heterocycles. The molecule has 0 saturated heterocycles. The van der Waals surface area contributed by atoms with Gasteiger partial charge in [0.1, 0.15) is 0 Å². The molecule has 0 radical (unpaired) electrons. The molecule has 3 heteroatoms. The molecule has 0 bridgehead atoms. The Morgan fingerprint density at radius 3 is 1.81 bits per heavy atom. The Hall–Kier alpha value is -6.68. The summed E-state index contributed by atoms with van der Waals surface area (Å²) in [5.74, 6) is 0. The molecule has 0 unspecified atom stereocenters. The molecule has 53 heavy (non-hydrogen) atoms. The Morgan fingerprint density at radius 2 is 1.00 bits per heavy atom. The van der Waals surface area contributed by atoms with Crippen molar-refractivity contribution >= 4 is 91.9 Å². The standard InChI is InChI=1S/C50H32N2S/c1-3-13-33(14-4-1)39-19-11-12-22-44(39)52-45-29-26-37(31-43(45)49-40-20-9-7-15-34(40)23-28-46(49)52)51(36-17-5-2-6-18-36)38-25-27-42-48(32-38)53-47-30-24-35-16-8-10-21-41(35)50(42)47/h1-32H. The Labute approximate surface area is 311 Å². The third kappa shape index (κ3) is 4.71. The summed E-state index contributed by atoms with van der Waals surface area (Å²) < 4.78 is 5.07. The summed E-state index contributed by atoms with van der Waals surface area (Å²) >= 11 is 1.87. The van der Waals surface area contributed by atoms with Gasteiger partial charge in [-0.25, -0.2) is 0 Å². The Kier molecular flexibility index (Phi) is 6.76. The van der Waals surface area contributed by atoms with Gasteiger partial charge in [0.05, 0.1) is 16.7 Å². The van der Waals surface area contributed by atoms with Crippen LogP contribution in [-0.2, 0) is 0 Å². The van der Waals surface area contributed by atoms with Crippen LogP contribution in [0, 0.1) is 0 Å². The van der Waals surface area contributed by atoms with Gasteiger partial charge in [-0.2, -0.15) is 0 Å². The van der Waals surface area contributed by atoms with E-state index in [0.717, 1.165) is 17.1 Å². The van der Waals surface area contributed by atoms with Crippen LogP contribution in [0.3, 0.4) is 0 Å². The van der Waals surface area contributed by atoms with Gasteiger partial charge in [0, 0.05) is 53.6 Å². The molecule has 0 saturated carbocycles. The molecule has 0 spiro atoms. The van der Waals surface area contributed by atoms with Crippen molar-refractivity contribution in [2.24, 2.45) is 0 Å². The zero-order valence-corrected chi connectivity index (χ0v) is 29.6. The van der Waals surface area contributed by atoms with E-state index >= 15 is 0 Å². The summed E-state index contributed by atoms with van der Waals surface area (Å²) in [5.41, 5.74) is 9.35. The lowest BCUT2D eigenvalue weighted by Crippen LogP contribution is -2.09. The maximum Gasteiger partial charge on any atom is 0.0547 e. The van der Waals surface area contributed by atoms with Crippen LogP contribution < -0.4 is 4.90 Å². The van der Waals surface area contributed by atoms with Crippen molar-refractivity contribution in [3.8, 4) is 16.8 Å². The van der Waals surface area contributed by atoms with Crippen molar-refractivity contribution in [2.45, 2.75) is 0 Å². The van der Waals surface area contributed by atoms with Gasteiger partial charge < -0.3 is 9.47 Å². The molecule has 11 aromatic rings. The Balaban J connectivity index is 1.17. The molecule has 248 valence electrons. The van der Waals surface area contributed by atoms with Gasteiger partial charge in [-0.15, -0.1) is 11.3 Å². The second-order valence-corrected chi connectivity index (χ2v) is 14.8. The van der Waals surface area contributed by atoms with E-state index in [9.17, 15) is 0 Å². The van der Waals surface area contributed by atoms with Gasteiger partial charge in [0.25, 0.3) is 0 Å². The van der Waals surface area contributed by atoms with Gasteiger partial charge in [-0.3, -0.25) is 0 Å². The molecule has 0 atom stereocenters. The summed E-state index contributed by atoms with van der Waals surface area (Å²) in [7, 11) is 0. The van der Waals surface area contributed by atoms with Crippen molar-refractivity contribution in [2.75, 3.05) is 4.90 Å². The molecule has 0 amide bonds. The highest BCUT2D eigenvalue weighted by molar-refractivity contribution is 7.26. The van der Waals surface area contributed by atoms with E-state index in [0.29, 0.717) is 0 Å². The summed E-state index contributed by atoms with van der Waals surface area (Å²) in [5, 5.41) is 10.2. The average molecular weight is 693 g/mol. The van der Waals surface area contributed by atoms with E-state index in [-0.39, 0.29) is 0 Å². The van der Waals surface area contributed by atoms with Crippen molar-refractivity contribution in [3.05, 3.63) is 194 Å². The number of hydrogen-bond acceptors (Lipinski definition) is 2. The topological polar surface area (TPSA) is 8.17 Å². The number of thiophene rings is 1. The van der Waals surface area contributed by atoms with Gasteiger partial charge in [-0.1, -0.05) is 133 Å². The smallest absolute Gasteiger partial charge is 0.0547 e. The van der Waals surface area contributed by atoms with Crippen molar-refractivity contribution in [1.29, 1.82) is 0 Å². The minimum absolute atomic E-state index is 1.12.